The van der Waals surface area contributed by atoms with E-state index < -0.39 is 0 Å². The highest BCUT2D eigenvalue weighted by atomic mass is 32.1. The summed E-state index contributed by atoms with van der Waals surface area (Å²) in [7, 11) is 0. The van der Waals surface area contributed by atoms with Crippen LogP contribution in [0.25, 0.3) is 6.08 Å². The fourth-order valence-electron chi connectivity index (χ4n) is 3.91. The van der Waals surface area contributed by atoms with Gasteiger partial charge in [-0.25, -0.2) is 4.68 Å². The molecule has 1 aliphatic carbocycles. The summed E-state index contributed by atoms with van der Waals surface area (Å²) in [6, 6.07) is 4.38. The second-order valence-electron chi connectivity index (χ2n) is 7.45. The maximum Gasteiger partial charge on any atom is 0.276 e. The number of carbonyl (C=O) groups is 2. The molecule has 2 aromatic rings. The molecule has 3 heterocycles. The van der Waals surface area contributed by atoms with Crippen LogP contribution < -0.4 is 5.32 Å². The number of aromatic nitrogens is 3. The van der Waals surface area contributed by atoms with E-state index in [-0.39, 0.29) is 23.9 Å². The van der Waals surface area contributed by atoms with Crippen molar-refractivity contribution in [3.05, 3.63) is 40.4 Å². The molecule has 28 heavy (non-hydrogen) atoms. The van der Waals surface area contributed by atoms with Crippen LogP contribution >= 0.6 is 11.3 Å². The maximum absolute atomic E-state index is 12.4. The van der Waals surface area contributed by atoms with Gasteiger partial charge >= 0.3 is 0 Å². The molecule has 2 amide bonds. The first-order valence-corrected chi connectivity index (χ1v) is 10.8. The molecule has 0 unspecified atom stereocenters. The number of amides is 2. The molecular weight excluding hydrogens is 374 g/mol. The Morgan fingerprint density at radius 1 is 1.18 bits per heavy atom. The molecular formula is C20H25N5O2S. The third-order valence-corrected chi connectivity index (χ3v) is 6.32. The largest absolute Gasteiger partial charge is 0.350 e. The number of nitrogens with one attached hydrogen (secondary N) is 1. The van der Waals surface area contributed by atoms with E-state index in [0.717, 1.165) is 56.5 Å². The van der Waals surface area contributed by atoms with E-state index in [4.69, 9.17) is 0 Å². The van der Waals surface area contributed by atoms with Gasteiger partial charge in [-0.05, 0) is 56.0 Å². The minimum Gasteiger partial charge on any atom is -0.350 e. The van der Waals surface area contributed by atoms with Gasteiger partial charge in [-0.3, -0.25) is 9.59 Å². The smallest absolute Gasteiger partial charge is 0.276 e. The first-order valence-electron chi connectivity index (χ1n) is 9.92. The zero-order valence-electron chi connectivity index (χ0n) is 15.8. The molecule has 0 spiro atoms. The third-order valence-electron chi connectivity index (χ3n) is 5.48. The monoisotopic (exact) mass is 399 g/mol. The molecule has 2 fully saturated rings. The Morgan fingerprint density at radius 2 is 1.96 bits per heavy atom. The van der Waals surface area contributed by atoms with Crippen molar-refractivity contribution in [2.75, 3.05) is 13.1 Å². The first kappa shape index (κ1) is 18.9. The second kappa shape index (κ2) is 8.68. The van der Waals surface area contributed by atoms with Crippen molar-refractivity contribution in [2.45, 2.75) is 50.6 Å². The summed E-state index contributed by atoms with van der Waals surface area (Å²) < 4.78 is 1.83. The molecule has 2 aromatic heterocycles. The van der Waals surface area contributed by atoms with Crippen LogP contribution in [-0.2, 0) is 4.79 Å². The van der Waals surface area contributed by atoms with Crippen molar-refractivity contribution >= 4 is 29.2 Å². The molecule has 148 valence electrons. The fourth-order valence-corrected chi connectivity index (χ4v) is 4.53. The third kappa shape index (κ3) is 4.49. The number of nitrogens with zero attached hydrogens (tertiary/aromatic N) is 4. The molecule has 2 aliphatic rings. The summed E-state index contributed by atoms with van der Waals surface area (Å²) in [4.78, 5) is 27.4. The van der Waals surface area contributed by atoms with Crippen molar-refractivity contribution in [2.24, 2.45) is 0 Å². The summed E-state index contributed by atoms with van der Waals surface area (Å²) >= 11 is 1.61. The molecule has 1 N–H and O–H groups in total. The minimum absolute atomic E-state index is 0.0118. The molecule has 0 aromatic carbocycles. The lowest BCUT2D eigenvalue weighted by molar-refractivity contribution is -0.117. The van der Waals surface area contributed by atoms with Crippen LogP contribution in [0.4, 0.5) is 0 Å². The standard InChI is InChI=1S/C20H25N5O2S/c26-19(10-9-17-4-3-13-28-17)21-15-5-7-16(8-6-15)25-14-18(22-23-25)20(27)24-11-1-2-12-24/h3-4,9-10,13-16H,1-2,5-8,11-12H2,(H,21,26). The van der Waals surface area contributed by atoms with Crippen LogP contribution in [0.1, 0.15) is 59.9 Å². The zero-order chi connectivity index (χ0) is 19.3. The van der Waals surface area contributed by atoms with Gasteiger partial charge in [0.05, 0.1) is 12.2 Å². The van der Waals surface area contributed by atoms with E-state index in [1.165, 1.54) is 0 Å². The summed E-state index contributed by atoms with van der Waals surface area (Å²) in [5.74, 6) is -0.0571. The quantitative estimate of drug-likeness (QED) is 0.784. The number of hydrogen-bond donors (Lipinski definition) is 1. The van der Waals surface area contributed by atoms with Crippen molar-refractivity contribution < 1.29 is 9.59 Å². The number of rotatable bonds is 5. The maximum atomic E-state index is 12.4. The zero-order valence-corrected chi connectivity index (χ0v) is 16.6. The predicted octanol–water partition coefficient (Wildman–Crippen LogP) is 2.89. The Labute approximate surface area is 168 Å². The van der Waals surface area contributed by atoms with Gasteiger partial charge in [0.2, 0.25) is 5.91 Å². The fraction of sp³-hybridized carbons (Fsp3) is 0.500. The van der Waals surface area contributed by atoms with E-state index in [1.54, 1.807) is 23.6 Å². The molecule has 8 heteroatoms. The van der Waals surface area contributed by atoms with E-state index in [1.807, 2.05) is 33.2 Å². The van der Waals surface area contributed by atoms with E-state index >= 15 is 0 Å². The highest BCUT2D eigenvalue weighted by Crippen LogP contribution is 2.28. The molecule has 7 nitrogen and oxygen atoms in total. The Kier molecular flexibility index (Phi) is 5.85. The Balaban J connectivity index is 1.26. The van der Waals surface area contributed by atoms with Gasteiger partial charge in [-0.15, -0.1) is 16.4 Å². The van der Waals surface area contributed by atoms with Crippen molar-refractivity contribution in [3.63, 3.8) is 0 Å². The molecule has 0 atom stereocenters. The molecule has 0 radical (unpaired) electrons. The lowest BCUT2D eigenvalue weighted by Gasteiger charge is -2.28. The van der Waals surface area contributed by atoms with Crippen LogP contribution in [0.3, 0.4) is 0 Å². The van der Waals surface area contributed by atoms with Gasteiger partial charge in [0, 0.05) is 30.1 Å². The second-order valence-corrected chi connectivity index (χ2v) is 8.43. The van der Waals surface area contributed by atoms with E-state index in [0.29, 0.717) is 5.69 Å². The van der Waals surface area contributed by atoms with Gasteiger partial charge in [0.1, 0.15) is 0 Å². The number of hydrogen-bond acceptors (Lipinski definition) is 5. The Hall–Kier alpha value is -2.48. The van der Waals surface area contributed by atoms with Crippen molar-refractivity contribution in [1.82, 2.24) is 25.2 Å². The minimum atomic E-state index is -0.0453. The van der Waals surface area contributed by atoms with Gasteiger partial charge in [-0.1, -0.05) is 11.3 Å². The summed E-state index contributed by atoms with van der Waals surface area (Å²) in [6.07, 6.45) is 11.0. The summed E-state index contributed by atoms with van der Waals surface area (Å²) in [6.45, 7) is 1.63. The summed E-state index contributed by atoms with van der Waals surface area (Å²) in [5, 5.41) is 13.4. The van der Waals surface area contributed by atoms with Gasteiger partial charge in [-0.2, -0.15) is 0 Å². The molecule has 4 rings (SSSR count). The molecule has 1 saturated carbocycles. The molecule has 0 bridgehead atoms. The first-order chi connectivity index (χ1) is 13.7. The number of carbonyl (C=O) groups excluding carboxylic acids is 2. The van der Waals surface area contributed by atoms with Crippen LogP contribution in [0, 0.1) is 0 Å². The highest BCUT2D eigenvalue weighted by Gasteiger charge is 2.26. The van der Waals surface area contributed by atoms with E-state index in [2.05, 4.69) is 15.6 Å². The average molecular weight is 400 g/mol. The topological polar surface area (TPSA) is 80.1 Å². The van der Waals surface area contributed by atoms with Crippen molar-refractivity contribution in [1.29, 1.82) is 0 Å². The van der Waals surface area contributed by atoms with Crippen LogP contribution in [0.5, 0.6) is 0 Å². The van der Waals surface area contributed by atoms with Crippen LogP contribution in [0.2, 0.25) is 0 Å². The predicted molar refractivity (Wildman–Crippen MR) is 108 cm³/mol. The van der Waals surface area contributed by atoms with Gasteiger partial charge in [0.15, 0.2) is 5.69 Å². The SMILES string of the molecule is O=C(C=Cc1cccs1)NC1CCC(n2cc(C(=O)N3CCCC3)nn2)CC1. The highest BCUT2D eigenvalue weighted by molar-refractivity contribution is 7.10. The Morgan fingerprint density at radius 3 is 2.68 bits per heavy atom. The van der Waals surface area contributed by atoms with Crippen LogP contribution in [-0.4, -0.2) is 50.8 Å². The number of likely N-dealkylation sites (tertiary alicyclic amines) is 1. The van der Waals surface area contributed by atoms with Crippen molar-refractivity contribution in [3.8, 4) is 0 Å². The molecule has 1 saturated heterocycles. The van der Waals surface area contributed by atoms with Gasteiger partial charge in [0.25, 0.3) is 5.91 Å². The Bertz CT molecular complexity index is 831. The van der Waals surface area contributed by atoms with E-state index in [9.17, 15) is 9.59 Å². The average Bonchev–Trinajstić information content (AvgIpc) is 3.49. The lowest BCUT2D eigenvalue weighted by atomic mass is 9.91. The lowest BCUT2D eigenvalue weighted by Crippen LogP contribution is -2.37. The van der Waals surface area contributed by atoms with Crippen LogP contribution in [0.15, 0.2) is 29.8 Å². The van der Waals surface area contributed by atoms with Gasteiger partial charge < -0.3 is 10.2 Å². The molecule has 1 aliphatic heterocycles. The normalized spacial score (nSPS) is 22.6. The number of thiophene rings is 1. The summed E-state index contributed by atoms with van der Waals surface area (Å²) in [5.41, 5.74) is 0.441.